The minimum Gasteiger partial charge on any atom is -0.490 e. The lowest BCUT2D eigenvalue weighted by atomic mass is 10.3. The molecule has 1 aliphatic rings. The van der Waals surface area contributed by atoms with Crippen molar-refractivity contribution < 1.29 is 14.0 Å². The molecule has 142 valence electrons. The normalized spacial score (nSPS) is 13.5. The van der Waals surface area contributed by atoms with Crippen molar-refractivity contribution in [3.8, 4) is 11.5 Å². The van der Waals surface area contributed by atoms with Gasteiger partial charge in [0.25, 0.3) is 0 Å². The van der Waals surface area contributed by atoms with Crippen LogP contribution in [0.5, 0.6) is 11.5 Å². The van der Waals surface area contributed by atoms with Crippen molar-refractivity contribution in [2.75, 3.05) is 31.6 Å². The molecule has 1 aromatic carbocycles. The second kappa shape index (κ2) is 10.2. The van der Waals surface area contributed by atoms with Crippen molar-refractivity contribution >= 4 is 35.6 Å². The van der Waals surface area contributed by atoms with Crippen LogP contribution in [0.15, 0.2) is 27.7 Å². The maximum absolute atomic E-state index is 5.72. The van der Waals surface area contributed by atoms with Crippen LogP contribution in [0, 0.1) is 6.92 Å². The predicted molar refractivity (Wildman–Crippen MR) is 110 cm³/mol. The number of aryl methyl sites for hydroxylation is 1. The van der Waals surface area contributed by atoms with E-state index in [2.05, 4.69) is 25.8 Å². The van der Waals surface area contributed by atoms with Crippen molar-refractivity contribution in [3.05, 3.63) is 29.9 Å². The van der Waals surface area contributed by atoms with E-state index in [-0.39, 0.29) is 24.0 Å². The fraction of sp³-hybridized carbons (Fsp3) is 0.471. The molecule has 0 saturated heterocycles. The first-order valence-electron chi connectivity index (χ1n) is 8.49. The van der Waals surface area contributed by atoms with Gasteiger partial charge in [-0.15, -0.1) is 24.0 Å². The van der Waals surface area contributed by atoms with E-state index in [0.29, 0.717) is 43.9 Å². The highest BCUT2D eigenvalue weighted by Gasteiger charge is 2.11. The molecule has 0 fully saturated rings. The monoisotopic (exact) mass is 473 g/mol. The van der Waals surface area contributed by atoms with Crippen LogP contribution < -0.4 is 20.1 Å². The van der Waals surface area contributed by atoms with Gasteiger partial charge in [-0.05, 0) is 26.0 Å². The Kier molecular flexibility index (Phi) is 7.95. The van der Waals surface area contributed by atoms with Gasteiger partial charge in [0.15, 0.2) is 23.3 Å². The maximum atomic E-state index is 5.72. The summed E-state index contributed by atoms with van der Waals surface area (Å²) in [5.41, 5.74) is 0.887. The Morgan fingerprint density at radius 3 is 2.77 bits per heavy atom. The SMILES string of the molecule is CCNC(=NCCc1nc(C)no1)Nc1ccc2c(c1)OCCCO2.I. The van der Waals surface area contributed by atoms with E-state index in [1.165, 1.54) is 0 Å². The molecule has 1 aliphatic heterocycles. The Morgan fingerprint density at radius 2 is 2.04 bits per heavy atom. The molecule has 0 unspecified atom stereocenters. The summed E-state index contributed by atoms with van der Waals surface area (Å²) in [5, 5.41) is 10.3. The Labute approximate surface area is 169 Å². The van der Waals surface area contributed by atoms with Crippen molar-refractivity contribution in [1.82, 2.24) is 15.5 Å². The van der Waals surface area contributed by atoms with E-state index in [0.717, 1.165) is 30.2 Å². The highest BCUT2D eigenvalue weighted by molar-refractivity contribution is 14.0. The van der Waals surface area contributed by atoms with Crippen molar-refractivity contribution in [2.45, 2.75) is 26.7 Å². The minimum atomic E-state index is 0. The van der Waals surface area contributed by atoms with Gasteiger partial charge in [-0.2, -0.15) is 4.98 Å². The summed E-state index contributed by atoms with van der Waals surface area (Å²) in [6, 6.07) is 5.78. The molecular formula is C17H24IN5O3. The minimum absolute atomic E-state index is 0. The second-order valence-electron chi connectivity index (χ2n) is 5.58. The first kappa shape index (κ1) is 20.3. The fourth-order valence-corrected chi connectivity index (χ4v) is 2.39. The van der Waals surface area contributed by atoms with Gasteiger partial charge in [-0.1, -0.05) is 5.16 Å². The first-order valence-corrected chi connectivity index (χ1v) is 8.49. The van der Waals surface area contributed by atoms with Gasteiger partial charge < -0.3 is 24.6 Å². The number of aliphatic imine (C=N–C) groups is 1. The molecule has 0 saturated carbocycles. The number of anilines is 1. The lowest BCUT2D eigenvalue weighted by molar-refractivity contribution is 0.297. The standard InChI is InChI=1S/C17H23N5O3.HI/c1-3-18-17(19-8-7-16-20-12(2)22-25-16)21-13-5-6-14-15(11-13)24-10-4-9-23-14;/h5-6,11H,3-4,7-10H2,1-2H3,(H2,18,19,21);1H. The smallest absolute Gasteiger partial charge is 0.228 e. The van der Waals surface area contributed by atoms with Crippen LogP contribution in [0.1, 0.15) is 25.1 Å². The average molecular weight is 473 g/mol. The summed E-state index contributed by atoms with van der Waals surface area (Å²) in [5.74, 6) is 3.44. The molecule has 2 N–H and O–H groups in total. The number of benzene rings is 1. The molecule has 2 heterocycles. The lowest BCUT2D eigenvalue weighted by Crippen LogP contribution is -2.30. The average Bonchev–Trinajstić information content (AvgIpc) is 2.88. The van der Waals surface area contributed by atoms with E-state index < -0.39 is 0 Å². The molecule has 26 heavy (non-hydrogen) atoms. The topological polar surface area (TPSA) is 93.8 Å². The zero-order chi connectivity index (χ0) is 17.5. The molecular weight excluding hydrogens is 449 g/mol. The predicted octanol–water partition coefficient (Wildman–Crippen LogP) is 2.78. The molecule has 0 radical (unpaired) electrons. The number of ether oxygens (including phenoxy) is 2. The number of rotatable bonds is 5. The van der Waals surface area contributed by atoms with Gasteiger partial charge in [0.1, 0.15) is 0 Å². The van der Waals surface area contributed by atoms with Crippen LogP contribution in [-0.2, 0) is 6.42 Å². The number of nitrogens with one attached hydrogen (secondary N) is 2. The Hall–Kier alpha value is -2.04. The van der Waals surface area contributed by atoms with Crippen LogP contribution in [0.25, 0.3) is 0 Å². The third-order valence-electron chi connectivity index (χ3n) is 3.52. The zero-order valence-corrected chi connectivity index (χ0v) is 17.3. The van der Waals surface area contributed by atoms with Crippen molar-refractivity contribution in [1.29, 1.82) is 0 Å². The lowest BCUT2D eigenvalue weighted by Gasteiger charge is -2.13. The van der Waals surface area contributed by atoms with Crippen molar-refractivity contribution in [3.63, 3.8) is 0 Å². The summed E-state index contributed by atoms with van der Waals surface area (Å²) in [6.45, 7) is 6.46. The Morgan fingerprint density at radius 1 is 1.23 bits per heavy atom. The van der Waals surface area contributed by atoms with Crippen LogP contribution in [-0.4, -0.2) is 42.4 Å². The Bertz CT molecular complexity index is 735. The van der Waals surface area contributed by atoms with E-state index in [4.69, 9.17) is 14.0 Å². The highest BCUT2D eigenvalue weighted by Crippen LogP contribution is 2.32. The van der Waals surface area contributed by atoms with Gasteiger partial charge in [0.05, 0.1) is 19.8 Å². The second-order valence-corrected chi connectivity index (χ2v) is 5.58. The quantitative estimate of drug-likeness (QED) is 0.392. The summed E-state index contributed by atoms with van der Waals surface area (Å²) in [6.07, 6.45) is 1.48. The Balaban J connectivity index is 0.00000243. The summed E-state index contributed by atoms with van der Waals surface area (Å²) in [7, 11) is 0. The summed E-state index contributed by atoms with van der Waals surface area (Å²) >= 11 is 0. The number of aromatic nitrogens is 2. The number of fused-ring (bicyclic) bond motifs is 1. The molecule has 0 aliphatic carbocycles. The van der Waals surface area contributed by atoms with Crippen LogP contribution in [0.3, 0.4) is 0 Å². The molecule has 1 aromatic heterocycles. The van der Waals surface area contributed by atoms with Gasteiger partial charge >= 0.3 is 0 Å². The maximum Gasteiger partial charge on any atom is 0.228 e. The largest absolute Gasteiger partial charge is 0.490 e. The van der Waals surface area contributed by atoms with E-state index in [1.807, 2.05) is 25.1 Å². The third-order valence-corrected chi connectivity index (χ3v) is 3.52. The summed E-state index contributed by atoms with van der Waals surface area (Å²) in [4.78, 5) is 8.71. The first-order chi connectivity index (χ1) is 12.2. The number of hydrogen-bond acceptors (Lipinski definition) is 6. The van der Waals surface area contributed by atoms with Crippen LogP contribution in [0.4, 0.5) is 5.69 Å². The molecule has 0 spiro atoms. The van der Waals surface area contributed by atoms with E-state index in [1.54, 1.807) is 6.92 Å². The molecule has 2 aromatic rings. The third kappa shape index (κ3) is 5.75. The molecule has 0 bridgehead atoms. The van der Waals surface area contributed by atoms with Crippen molar-refractivity contribution in [2.24, 2.45) is 4.99 Å². The van der Waals surface area contributed by atoms with E-state index in [9.17, 15) is 0 Å². The highest BCUT2D eigenvalue weighted by atomic mass is 127. The van der Waals surface area contributed by atoms with Gasteiger partial charge in [0.2, 0.25) is 5.89 Å². The van der Waals surface area contributed by atoms with Gasteiger partial charge in [-0.25, -0.2) is 0 Å². The number of guanidine groups is 1. The van der Waals surface area contributed by atoms with E-state index >= 15 is 0 Å². The molecule has 9 heteroatoms. The van der Waals surface area contributed by atoms with Gasteiger partial charge in [-0.3, -0.25) is 4.99 Å². The van der Waals surface area contributed by atoms with Gasteiger partial charge in [0, 0.05) is 31.1 Å². The number of nitrogens with zero attached hydrogens (tertiary/aromatic N) is 3. The van der Waals surface area contributed by atoms with Crippen LogP contribution >= 0.6 is 24.0 Å². The number of halogens is 1. The summed E-state index contributed by atoms with van der Waals surface area (Å²) < 4.78 is 16.5. The molecule has 0 atom stereocenters. The number of hydrogen-bond donors (Lipinski definition) is 2. The zero-order valence-electron chi connectivity index (χ0n) is 14.9. The molecule has 8 nitrogen and oxygen atoms in total. The molecule has 3 rings (SSSR count). The fourth-order valence-electron chi connectivity index (χ4n) is 2.39. The molecule has 0 amide bonds. The van der Waals surface area contributed by atoms with Crippen LogP contribution in [0.2, 0.25) is 0 Å².